The molecule has 1 saturated heterocycles. The molecule has 2 amide bonds. The molecule has 2 aromatic carbocycles. The number of amides is 2. The molecule has 0 bridgehead atoms. The van der Waals surface area contributed by atoms with E-state index in [1.165, 1.54) is 4.88 Å². The Morgan fingerprint density at radius 3 is 2.58 bits per heavy atom. The first kappa shape index (κ1) is 21.1. The van der Waals surface area contributed by atoms with E-state index in [-0.39, 0.29) is 18.2 Å². The minimum absolute atomic E-state index is 0.00409. The van der Waals surface area contributed by atoms with Gasteiger partial charge in [0.15, 0.2) is 0 Å². The Hall–Kier alpha value is -3.12. The third kappa shape index (κ3) is 4.64. The normalized spacial score (nSPS) is 18.2. The molecule has 2 heterocycles. The SMILES string of the molecule is COc1cccc(CC(=O)N2CCC(Cc3ccc(-c4cccs4)cc3)(C(N)=O)C2)c1. The quantitative estimate of drug-likeness (QED) is 0.613. The molecule has 4 rings (SSSR count). The van der Waals surface area contributed by atoms with Crippen LogP contribution in [-0.2, 0) is 22.4 Å². The summed E-state index contributed by atoms with van der Waals surface area (Å²) in [6.07, 6.45) is 1.40. The van der Waals surface area contributed by atoms with Gasteiger partial charge in [-0.15, -0.1) is 11.3 Å². The minimum atomic E-state index is -0.728. The molecule has 160 valence electrons. The third-order valence-electron chi connectivity index (χ3n) is 6.02. The van der Waals surface area contributed by atoms with Crippen LogP contribution in [0.5, 0.6) is 5.75 Å². The van der Waals surface area contributed by atoms with Crippen LogP contribution in [0.2, 0.25) is 0 Å². The predicted octanol–water partition coefficient (Wildman–Crippen LogP) is 3.91. The fourth-order valence-electron chi connectivity index (χ4n) is 4.21. The number of nitrogens with two attached hydrogens (primary N) is 1. The number of rotatable bonds is 7. The molecule has 0 radical (unpaired) electrons. The van der Waals surface area contributed by atoms with Gasteiger partial charge in [0.05, 0.1) is 18.9 Å². The summed E-state index contributed by atoms with van der Waals surface area (Å²) in [6, 6.07) is 19.9. The Morgan fingerprint density at radius 1 is 1.10 bits per heavy atom. The van der Waals surface area contributed by atoms with Crippen molar-refractivity contribution in [3.05, 3.63) is 77.2 Å². The first-order valence-electron chi connectivity index (χ1n) is 10.3. The Morgan fingerprint density at radius 2 is 1.90 bits per heavy atom. The smallest absolute Gasteiger partial charge is 0.227 e. The lowest BCUT2D eigenvalue weighted by Gasteiger charge is -2.26. The molecule has 1 unspecified atom stereocenters. The molecule has 6 heteroatoms. The van der Waals surface area contributed by atoms with Crippen LogP contribution in [0.4, 0.5) is 0 Å². The summed E-state index contributed by atoms with van der Waals surface area (Å²) in [5.74, 6) is 0.389. The number of thiophene rings is 1. The van der Waals surface area contributed by atoms with Gasteiger partial charge in [0.25, 0.3) is 0 Å². The van der Waals surface area contributed by atoms with Crippen molar-refractivity contribution in [2.45, 2.75) is 19.3 Å². The zero-order chi connectivity index (χ0) is 21.8. The van der Waals surface area contributed by atoms with E-state index in [4.69, 9.17) is 10.5 Å². The van der Waals surface area contributed by atoms with Crippen molar-refractivity contribution in [1.29, 1.82) is 0 Å². The molecule has 1 aliphatic heterocycles. The molecular weight excluding hydrogens is 408 g/mol. The maximum absolute atomic E-state index is 12.9. The Balaban J connectivity index is 1.45. The van der Waals surface area contributed by atoms with Crippen LogP contribution in [0, 0.1) is 5.41 Å². The van der Waals surface area contributed by atoms with E-state index in [2.05, 4.69) is 35.7 Å². The van der Waals surface area contributed by atoms with Crippen molar-refractivity contribution < 1.29 is 14.3 Å². The standard InChI is InChI=1S/C25H26N2O3S/c1-30-21-5-2-4-19(14-21)15-23(28)27-12-11-25(17-27,24(26)29)16-18-7-9-20(10-8-18)22-6-3-13-31-22/h2-10,13-14H,11-12,15-17H2,1H3,(H2,26,29). The van der Waals surface area contributed by atoms with Crippen LogP contribution in [-0.4, -0.2) is 36.9 Å². The van der Waals surface area contributed by atoms with E-state index >= 15 is 0 Å². The highest BCUT2D eigenvalue weighted by Gasteiger charge is 2.44. The molecule has 0 aliphatic carbocycles. The van der Waals surface area contributed by atoms with Gasteiger partial charge in [-0.2, -0.15) is 0 Å². The van der Waals surface area contributed by atoms with Crippen LogP contribution >= 0.6 is 11.3 Å². The summed E-state index contributed by atoms with van der Waals surface area (Å²) < 4.78 is 5.24. The molecule has 31 heavy (non-hydrogen) atoms. The van der Waals surface area contributed by atoms with Gasteiger partial charge in [0.2, 0.25) is 11.8 Å². The summed E-state index contributed by atoms with van der Waals surface area (Å²) in [5.41, 5.74) is 8.23. The molecule has 5 nitrogen and oxygen atoms in total. The second kappa shape index (κ2) is 8.94. The average molecular weight is 435 g/mol. The van der Waals surface area contributed by atoms with Crippen molar-refractivity contribution in [1.82, 2.24) is 4.90 Å². The van der Waals surface area contributed by atoms with Crippen molar-refractivity contribution in [2.24, 2.45) is 11.1 Å². The van der Waals surface area contributed by atoms with E-state index in [9.17, 15) is 9.59 Å². The van der Waals surface area contributed by atoms with Gasteiger partial charge in [0, 0.05) is 18.0 Å². The van der Waals surface area contributed by atoms with Crippen LogP contribution < -0.4 is 10.5 Å². The molecule has 0 saturated carbocycles. The minimum Gasteiger partial charge on any atom is -0.497 e. The van der Waals surface area contributed by atoms with Crippen molar-refractivity contribution >= 4 is 23.2 Å². The fourth-order valence-corrected chi connectivity index (χ4v) is 4.94. The summed E-state index contributed by atoms with van der Waals surface area (Å²) >= 11 is 1.70. The number of hydrogen-bond acceptors (Lipinski definition) is 4. The van der Waals surface area contributed by atoms with E-state index in [1.807, 2.05) is 30.3 Å². The van der Waals surface area contributed by atoms with Crippen molar-refractivity contribution in [3.63, 3.8) is 0 Å². The fraction of sp³-hybridized carbons (Fsp3) is 0.280. The van der Waals surface area contributed by atoms with E-state index < -0.39 is 5.41 Å². The zero-order valence-corrected chi connectivity index (χ0v) is 18.4. The van der Waals surface area contributed by atoms with Crippen molar-refractivity contribution in [2.75, 3.05) is 20.2 Å². The van der Waals surface area contributed by atoms with Gasteiger partial charge in [-0.25, -0.2) is 0 Å². The summed E-state index contributed by atoms with van der Waals surface area (Å²) in [6.45, 7) is 0.900. The highest BCUT2D eigenvalue weighted by molar-refractivity contribution is 7.13. The van der Waals surface area contributed by atoms with Crippen LogP contribution in [0.15, 0.2) is 66.0 Å². The predicted molar refractivity (Wildman–Crippen MR) is 123 cm³/mol. The molecule has 1 aliphatic rings. The largest absolute Gasteiger partial charge is 0.497 e. The molecule has 2 N–H and O–H groups in total. The van der Waals surface area contributed by atoms with Gasteiger partial charge in [0.1, 0.15) is 5.75 Å². The topological polar surface area (TPSA) is 72.6 Å². The Kier molecular flexibility index (Phi) is 6.09. The number of carbonyl (C=O) groups is 2. The molecule has 0 spiro atoms. The maximum atomic E-state index is 12.9. The van der Waals surface area contributed by atoms with Crippen LogP contribution in [0.25, 0.3) is 10.4 Å². The monoisotopic (exact) mass is 434 g/mol. The second-order valence-electron chi connectivity index (χ2n) is 8.09. The van der Waals surface area contributed by atoms with Gasteiger partial charge in [-0.1, -0.05) is 42.5 Å². The number of benzene rings is 2. The summed E-state index contributed by atoms with van der Waals surface area (Å²) in [7, 11) is 1.61. The number of likely N-dealkylation sites (tertiary alicyclic amines) is 1. The summed E-state index contributed by atoms with van der Waals surface area (Å²) in [4.78, 5) is 28.3. The third-order valence-corrected chi connectivity index (χ3v) is 6.94. The highest BCUT2D eigenvalue weighted by atomic mass is 32.1. The van der Waals surface area contributed by atoms with E-state index in [0.717, 1.165) is 22.4 Å². The first-order valence-corrected chi connectivity index (χ1v) is 11.2. The first-order chi connectivity index (χ1) is 15.0. The Bertz CT molecular complexity index is 1060. The lowest BCUT2D eigenvalue weighted by atomic mass is 9.80. The molecule has 1 aromatic heterocycles. The number of carbonyl (C=O) groups excluding carboxylic acids is 2. The molecule has 3 aromatic rings. The maximum Gasteiger partial charge on any atom is 0.227 e. The molecule has 1 fully saturated rings. The number of primary amides is 1. The van der Waals surface area contributed by atoms with Crippen LogP contribution in [0.1, 0.15) is 17.5 Å². The van der Waals surface area contributed by atoms with Gasteiger partial charge in [-0.05, 0) is 53.1 Å². The average Bonchev–Trinajstić information content (AvgIpc) is 3.46. The lowest BCUT2D eigenvalue weighted by Crippen LogP contribution is -2.42. The molecular formula is C25H26N2O3S. The van der Waals surface area contributed by atoms with Gasteiger partial charge in [-0.3, -0.25) is 9.59 Å². The van der Waals surface area contributed by atoms with E-state index in [1.54, 1.807) is 23.3 Å². The van der Waals surface area contributed by atoms with Gasteiger partial charge >= 0.3 is 0 Å². The Labute approximate surface area is 186 Å². The van der Waals surface area contributed by atoms with Crippen LogP contribution in [0.3, 0.4) is 0 Å². The highest BCUT2D eigenvalue weighted by Crippen LogP contribution is 2.35. The number of ether oxygens (including phenoxy) is 1. The number of nitrogens with zero attached hydrogens (tertiary/aromatic N) is 1. The van der Waals surface area contributed by atoms with Gasteiger partial charge < -0.3 is 15.4 Å². The number of hydrogen-bond donors (Lipinski definition) is 1. The van der Waals surface area contributed by atoms with Crippen molar-refractivity contribution in [3.8, 4) is 16.2 Å². The zero-order valence-electron chi connectivity index (χ0n) is 17.5. The molecule has 1 atom stereocenters. The lowest BCUT2D eigenvalue weighted by molar-refractivity contribution is -0.131. The number of methoxy groups -OCH3 is 1. The second-order valence-corrected chi connectivity index (χ2v) is 9.04. The summed E-state index contributed by atoms with van der Waals surface area (Å²) in [5, 5.41) is 2.06. The van der Waals surface area contributed by atoms with E-state index in [0.29, 0.717) is 25.9 Å².